The summed E-state index contributed by atoms with van der Waals surface area (Å²) in [5, 5.41) is 32.9. The molecule has 16 heavy (non-hydrogen) atoms. The first-order chi connectivity index (χ1) is 7.47. The predicted octanol–water partition coefficient (Wildman–Crippen LogP) is -2.63. The molecule has 94 valence electrons. The van der Waals surface area contributed by atoms with Crippen molar-refractivity contribution in [2.24, 2.45) is 0 Å². The minimum absolute atomic E-state index is 0.0456. The number of aliphatic hydroxyl groups excluding tert-OH is 3. The van der Waals surface area contributed by atoms with Crippen LogP contribution in [0, 0.1) is 0 Å². The van der Waals surface area contributed by atoms with E-state index >= 15 is 0 Å². The average molecular weight is 251 g/mol. The molecule has 5 N–H and O–H groups in total. The number of hydrogen-bond donors (Lipinski definition) is 5. The summed E-state index contributed by atoms with van der Waals surface area (Å²) in [5.74, 6) is 0. The fourth-order valence-corrected chi connectivity index (χ4v) is 1.39. The van der Waals surface area contributed by atoms with Crippen LogP contribution < -0.4 is 10.7 Å². The first-order valence-corrected chi connectivity index (χ1v) is 5.25. The second-order valence-electron chi connectivity index (χ2n) is 3.55. The van der Waals surface area contributed by atoms with Gasteiger partial charge in [-0.3, -0.25) is 5.01 Å². The number of hydrazine groups is 1. The van der Waals surface area contributed by atoms with Gasteiger partial charge in [0.05, 0.1) is 6.61 Å². The molecule has 0 unspecified atom stereocenters. The van der Waals surface area contributed by atoms with Gasteiger partial charge in [0.25, 0.3) is 0 Å². The van der Waals surface area contributed by atoms with E-state index in [2.05, 4.69) is 10.7 Å². The van der Waals surface area contributed by atoms with Crippen molar-refractivity contribution >= 4 is 17.3 Å². The molecule has 1 saturated heterocycles. The second-order valence-corrected chi connectivity index (χ2v) is 3.93. The third kappa shape index (κ3) is 3.00. The van der Waals surface area contributed by atoms with E-state index in [1.54, 1.807) is 14.1 Å². The Kier molecular flexibility index (Phi) is 4.84. The molecule has 1 aliphatic rings. The summed E-state index contributed by atoms with van der Waals surface area (Å²) >= 11 is 4.94. The van der Waals surface area contributed by atoms with E-state index in [0.717, 1.165) is 0 Å². The quantitative estimate of drug-likeness (QED) is 0.269. The van der Waals surface area contributed by atoms with Gasteiger partial charge in [0, 0.05) is 14.1 Å². The number of rotatable bonds is 2. The molecule has 0 amide bonds. The molecule has 4 atom stereocenters. The summed E-state index contributed by atoms with van der Waals surface area (Å²) in [6.45, 7) is -0.0456. The van der Waals surface area contributed by atoms with Crippen LogP contribution in [0.3, 0.4) is 0 Å². The number of thiocarbonyl (C=S) groups is 1. The van der Waals surface area contributed by atoms with Crippen LogP contribution >= 0.6 is 12.2 Å². The van der Waals surface area contributed by atoms with Crippen LogP contribution in [-0.4, -0.2) is 70.7 Å². The SMILES string of the molecule is CNC(=S)N(C)N[C@H]1OC[C@@H](O)[C@@H](O)[C@@H]1O. The Morgan fingerprint density at radius 3 is 2.56 bits per heavy atom. The van der Waals surface area contributed by atoms with Crippen LogP contribution in [0.1, 0.15) is 0 Å². The Bertz CT molecular complexity index is 255. The second kappa shape index (κ2) is 5.71. The Labute approximate surface area is 99.0 Å². The molecule has 0 bridgehead atoms. The smallest absolute Gasteiger partial charge is 0.183 e. The lowest BCUT2D eigenvalue weighted by atomic mass is 10.0. The lowest BCUT2D eigenvalue weighted by Gasteiger charge is -2.37. The van der Waals surface area contributed by atoms with E-state index in [1.165, 1.54) is 5.01 Å². The molecular weight excluding hydrogens is 234 g/mol. The maximum atomic E-state index is 9.62. The molecule has 8 heteroatoms. The molecule has 0 aromatic carbocycles. The van der Waals surface area contributed by atoms with Crippen molar-refractivity contribution in [1.29, 1.82) is 0 Å². The number of nitrogens with zero attached hydrogens (tertiary/aromatic N) is 1. The number of nitrogens with one attached hydrogen (secondary N) is 2. The Hall–Kier alpha value is -0.510. The fraction of sp³-hybridized carbons (Fsp3) is 0.875. The van der Waals surface area contributed by atoms with Gasteiger partial charge in [-0.15, -0.1) is 0 Å². The summed E-state index contributed by atoms with van der Waals surface area (Å²) in [6.07, 6.45) is -4.34. The highest BCUT2D eigenvalue weighted by atomic mass is 32.1. The molecule has 0 radical (unpaired) electrons. The van der Waals surface area contributed by atoms with Gasteiger partial charge in [-0.2, -0.15) is 0 Å². The van der Waals surface area contributed by atoms with E-state index in [9.17, 15) is 15.3 Å². The first-order valence-electron chi connectivity index (χ1n) is 4.84. The van der Waals surface area contributed by atoms with Crippen LogP contribution in [-0.2, 0) is 4.74 Å². The van der Waals surface area contributed by atoms with Crippen molar-refractivity contribution < 1.29 is 20.1 Å². The molecule has 1 rings (SSSR count). The minimum atomic E-state index is -1.23. The number of hydrogen-bond acceptors (Lipinski definition) is 6. The summed E-state index contributed by atoms with van der Waals surface area (Å²) in [4.78, 5) is 0. The molecule has 7 nitrogen and oxygen atoms in total. The van der Waals surface area contributed by atoms with Crippen molar-refractivity contribution in [2.45, 2.75) is 24.5 Å². The van der Waals surface area contributed by atoms with Crippen LogP contribution in [0.5, 0.6) is 0 Å². The average Bonchev–Trinajstić information content (AvgIpc) is 2.28. The zero-order valence-electron chi connectivity index (χ0n) is 9.12. The monoisotopic (exact) mass is 251 g/mol. The molecule has 0 spiro atoms. The highest BCUT2D eigenvalue weighted by Gasteiger charge is 2.38. The Balaban J connectivity index is 2.51. The summed E-state index contributed by atoms with van der Waals surface area (Å²) < 4.78 is 5.14. The lowest BCUT2D eigenvalue weighted by molar-refractivity contribution is -0.203. The van der Waals surface area contributed by atoms with Gasteiger partial charge in [-0.1, -0.05) is 0 Å². The van der Waals surface area contributed by atoms with Gasteiger partial charge in [-0.05, 0) is 12.2 Å². The van der Waals surface area contributed by atoms with Crippen molar-refractivity contribution in [1.82, 2.24) is 15.8 Å². The maximum Gasteiger partial charge on any atom is 0.183 e. The predicted molar refractivity (Wildman–Crippen MR) is 60.3 cm³/mol. The molecule has 0 aromatic heterocycles. The number of ether oxygens (including phenoxy) is 1. The maximum absolute atomic E-state index is 9.62. The van der Waals surface area contributed by atoms with Crippen molar-refractivity contribution in [3.05, 3.63) is 0 Å². The molecule has 1 fully saturated rings. The van der Waals surface area contributed by atoms with Crippen LogP contribution in [0.4, 0.5) is 0 Å². The van der Waals surface area contributed by atoms with Crippen molar-refractivity contribution in [3.8, 4) is 0 Å². The highest BCUT2D eigenvalue weighted by Crippen LogP contribution is 2.13. The Morgan fingerprint density at radius 2 is 2.00 bits per heavy atom. The standard InChI is InChI=1S/C8H17N3O4S/c1-9-8(16)11(2)10-7-6(14)5(13)4(12)3-15-7/h4-7,10,12-14H,3H2,1-2H3,(H,9,16)/t4-,5-,6+,7+/m1/s1. The van der Waals surface area contributed by atoms with Gasteiger partial charge in [0.2, 0.25) is 0 Å². The molecule has 1 heterocycles. The molecule has 0 aromatic rings. The van der Waals surface area contributed by atoms with Crippen LogP contribution in [0.2, 0.25) is 0 Å². The summed E-state index contributed by atoms with van der Waals surface area (Å²) in [7, 11) is 3.31. The lowest BCUT2D eigenvalue weighted by Crippen LogP contribution is -2.62. The molecule has 1 aliphatic heterocycles. The largest absolute Gasteiger partial charge is 0.388 e. The fourth-order valence-electron chi connectivity index (χ4n) is 1.34. The number of aliphatic hydroxyl groups is 3. The van der Waals surface area contributed by atoms with Gasteiger partial charge in [-0.25, -0.2) is 5.43 Å². The van der Waals surface area contributed by atoms with E-state index in [4.69, 9.17) is 17.0 Å². The minimum Gasteiger partial charge on any atom is -0.388 e. The Morgan fingerprint density at radius 1 is 1.38 bits per heavy atom. The van der Waals surface area contributed by atoms with Gasteiger partial charge in [0.1, 0.15) is 18.3 Å². The van der Waals surface area contributed by atoms with Gasteiger partial charge >= 0.3 is 0 Å². The topological polar surface area (TPSA) is 97.2 Å². The van der Waals surface area contributed by atoms with Gasteiger partial charge in [0.15, 0.2) is 11.3 Å². The summed E-state index contributed by atoms with van der Waals surface area (Å²) in [6, 6.07) is 0. The molecule has 0 aliphatic carbocycles. The molecule has 0 saturated carbocycles. The van der Waals surface area contributed by atoms with Gasteiger partial charge < -0.3 is 25.4 Å². The zero-order chi connectivity index (χ0) is 12.3. The van der Waals surface area contributed by atoms with E-state index in [-0.39, 0.29) is 6.61 Å². The summed E-state index contributed by atoms with van der Waals surface area (Å²) in [5.41, 5.74) is 2.76. The van der Waals surface area contributed by atoms with Crippen LogP contribution in [0.15, 0.2) is 0 Å². The molecular formula is C8H17N3O4S. The van der Waals surface area contributed by atoms with Crippen molar-refractivity contribution in [3.63, 3.8) is 0 Å². The normalized spacial score (nSPS) is 34.6. The third-order valence-corrected chi connectivity index (χ3v) is 2.82. The zero-order valence-corrected chi connectivity index (χ0v) is 9.94. The van der Waals surface area contributed by atoms with E-state index in [0.29, 0.717) is 5.11 Å². The van der Waals surface area contributed by atoms with Crippen molar-refractivity contribution in [2.75, 3.05) is 20.7 Å². The van der Waals surface area contributed by atoms with E-state index < -0.39 is 24.5 Å². The highest BCUT2D eigenvalue weighted by molar-refractivity contribution is 7.80. The first kappa shape index (κ1) is 13.6. The van der Waals surface area contributed by atoms with Crippen LogP contribution in [0.25, 0.3) is 0 Å². The third-order valence-electron chi connectivity index (χ3n) is 2.34. The van der Waals surface area contributed by atoms with E-state index in [1.807, 2.05) is 0 Å².